The Bertz CT molecular complexity index is 1120. The minimum Gasteiger partial charge on any atom is -0.352 e. The molecule has 1 aliphatic heterocycles. The van der Waals surface area contributed by atoms with Gasteiger partial charge in [0.2, 0.25) is 5.91 Å². The van der Waals surface area contributed by atoms with Crippen LogP contribution < -0.4 is 5.32 Å². The van der Waals surface area contributed by atoms with Crippen molar-refractivity contribution in [1.29, 1.82) is 0 Å². The maximum atomic E-state index is 12.9. The van der Waals surface area contributed by atoms with E-state index in [4.69, 9.17) is 0 Å². The number of sulfonamides is 1. The monoisotopic (exact) mass is 444 g/mol. The second kappa shape index (κ2) is 8.71. The zero-order valence-electron chi connectivity index (χ0n) is 16.7. The SMILES string of the molecule is Cc1ccc(S(=O)(=O)N2CCC[C@H](C(=O)NCc3cnn(-c4ccccc4)c3)C2)s1. The molecule has 0 unspecified atom stereocenters. The lowest BCUT2D eigenvalue weighted by molar-refractivity contribution is -0.126. The van der Waals surface area contributed by atoms with Crippen LogP contribution in [0.5, 0.6) is 0 Å². The van der Waals surface area contributed by atoms with Gasteiger partial charge in [-0.2, -0.15) is 9.40 Å². The number of aryl methyl sites for hydroxylation is 1. The third-order valence-electron chi connectivity index (χ3n) is 5.19. The smallest absolute Gasteiger partial charge is 0.252 e. The minimum absolute atomic E-state index is 0.121. The summed E-state index contributed by atoms with van der Waals surface area (Å²) in [6.07, 6.45) is 4.97. The van der Waals surface area contributed by atoms with E-state index in [1.165, 1.54) is 15.6 Å². The van der Waals surface area contributed by atoms with E-state index in [0.29, 0.717) is 30.1 Å². The first-order valence-electron chi connectivity index (χ1n) is 9.87. The number of rotatable bonds is 6. The number of nitrogens with one attached hydrogen (secondary N) is 1. The molecule has 0 saturated carbocycles. The Morgan fingerprint density at radius 3 is 2.77 bits per heavy atom. The van der Waals surface area contributed by atoms with Crippen LogP contribution in [-0.2, 0) is 21.4 Å². The molecular weight excluding hydrogens is 420 g/mol. The molecule has 0 bridgehead atoms. The van der Waals surface area contributed by atoms with Gasteiger partial charge in [0.1, 0.15) is 4.21 Å². The predicted octanol–water partition coefficient (Wildman–Crippen LogP) is 2.96. The van der Waals surface area contributed by atoms with Crippen LogP contribution >= 0.6 is 11.3 Å². The lowest BCUT2D eigenvalue weighted by atomic mass is 9.99. The van der Waals surface area contributed by atoms with Gasteiger partial charge in [-0.25, -0.2) is 13.1 Å². The second-order valence-electron chi connectivity index (χ2n) is 7.41. The van der Waals surface area contributed by atoms with Crippen molar-refractivity contribution in [2.24, 2.45) is 5.92 Å². The van der Waals surface area contributed by atoms with Gasteiger partial charge in [-0.15, -0.1) is 11.3 Å². The Kier molecular flexibility index (Phi) is 6.03. The molecule has 30 heavy (non-hydrogen) atoms. The molecular formula is C21H24N4O3S2. The van der Waals surface area contributed by atoms with E-state index >= 15 is 0 Å². The van der Waals surface area contributed by atoms with Crippen molar-refractivity contribution in [3.8, 4) is 5.69 Å². The molecule has 1 fully saturated rings. The standard InChI is InChI=1S/C21H24N4O3S2/c1-16-9-10-20(29-16)30(27,28)24-11-5-6-18(15-24)21(26)22-12-17-13-23-25(14-17)19-7-3-2-4-8-19/h2-4,7-10,13-14,18H,5-6,11-12,15H2,1H3,(H,22,26)/t18-/m0/s1. The fraction of sp³-hybridized carbons (Fsp3) is 0.333. The Morgan fingerprint density at radius 2 is 2.03 bits per heavy atom. The molecule has 1 aromatic carbocycles. The van der Waals surface area contributed by atoms with Gasteiger partial charge in [-0.3, -0.25) is 4.79 Å². The molecule has 1 amide bonds. The summed E-state index contributed by atoms with van der Waals surface area (Å²) >= 11 is 1.27. The van der Waals surface area contributed by atoms with E-state index in [0.717, 1.165) is 16.1 Å². The zero-order valence-corrected chi connectivity index (χ0v) is 18.3. The van der Waals surface area contributed by atoms with E-state index in [1.54, 1.807) is 23.0 Å². The summed E-state index contributed by atoms with van der Waals surface area (Å²) in [4.78, 5) is 13.7. The zero-order chi connectivity index (χ0) is 21.1. The molecule has 2 aromatic heterocycles. The van der Waals surface area contributed by atoms with Crippen molar-refractivity contribution in [2.45, 2.75) is 30.5 Å². The van der Waals surface area contributed by atoms with E-state index < -0.39 is 10.0 Å². The van der Waals surface area contributed by atoms with Gasteiger partial charge in [-0.1, -0.05) is 18.2 Å². The van der Waals surface area contributed by atoms with Crippen LogP contribution in [-0.4, -0.2) is 41.5 Å². The van der Waals surface area contributed by atoms with E-state index in [9.17, 15) is 13.2 Å². The Balaban J connectivity index is 1.36. The molecule has 3 aromatic rings. The van der Waals surface area contributed by atoms with Crippen LogP contribution in [0.1, 0.15) is 23.3 Å². The number of thiophene rings is 1. The van der Waals surface area contributed by atoms with Crippen LogP contribution in [0.15, 0.2) is 59.1 Å². The van der Waals surface area contributed by atoms with Crippen molar-refractivity contribution in [2.75, 3.05) is 13.1 Å². The van der Waals surface area contributed by atoms with Gasteiger partial charge in [-0.05, 0) is 44.0 Å². The molecule has 158 valence electrons. The van der Waals surface area contributed by atoms with Crippen LogP contribution in [0.4, 0.5) is 0 Å². The van der Waals surface area contributed by atoms with Crippen LogP contribution in [0, 0.1) is 12.8 Å². The van der Waals surface area contributed by atoms with Crippen molar-refractivity contribution >= 4 is 27.3 Å². The molecule has 0 radical (unpaired) electrons. The summed E-state index contributed by atoms with van der Waals surface area (Å²) in [5.41, 5.74) is 1.84. The topological polar surface area (TPSA) is 84.3 Å². The molecule has 0 aliphatic carbocycles. The van der Waals surface area contributed by atoms with Crippen molar-refractivity contribution in [3.63, 3.8) is 0 Å². The molecule has 3 heterocycles. The molecule has 4 rings (SSSR count). The van der Waals surface area contributed by atoms with Gasteiger partial charge in [0.15, 0.2) is 0 Å². The van der Waals surface area contributed by atoms with Crippen LogP contribution in [0.3, 0.4) is 0 Å². The Morgan fingerprint density at radius 1 is 1.23 bits per heavy atom. The minimum atomic E-state index is -3.54. The number of aromatic nitrogens is 2. The highest BCUT2D eigenvalue weighted by Crippen LogP contribution is 2.28. The maximum absolute atomic E-state index is 12.9. The molecule has 9 heteroatoms. The maximum Gasteiger partial charge on any atom is 0.252 e. The number of amides is 1. The number of hydrogen-bond donors (Lipinski definition) is 1. The highest BCUT2D eigenvalue weighted by Gasteiger charge is 2.33. The molecule has 1 aliphatic rings. The third kappa shape index (κ3) is 4.48. The third-order valence-corrected chi connectivity index (χ3v) is 8.52. The molecule has 1 atom stereocenters. The number of nitrogens with zero attached hydrogens (tertiary/aromatic N) is 3. The van der Waals surface area contributed by atoms with Gasteiger partial charge in [0.25, 0.3) is 10.0 Å². The molecule has 1 saturated heterocycles. The van der Waals surface area contributed by atoms with Crippen LogP contribution in [0.2, 0.25) is 0 Å². The van der Waals surface area contributed by atoms with Crippen molar-refractivity contribution in [3.05, 3.63) is 65.3 Å². The fourth-order valence-corrected chi connectivity index (χ4v) is 6.52. The van der Waals surface area contributed by atoms with Gasteiger partial charge >= 0.3 is 0 Å². The predicted molar refractivity (Wildman–Crippen MR) is 116 cm³/mol. The quantitative estimate of drug-likeness (QED) is 0.634. The lowest BCUT2D eigenvalue weighted by Gasteiger charge is -2.30. The first-order valence-corrected chi connectivity index (χ1v) is 12.1. The number of piperidine rings is 1. The van der Waals surface area contributed by atoms with Gasteiger partial charge in [0, 0.05) is 36.3 Å². The first kappa shape index (κ1) is 20.8. The van der Waals surface area contributed by atoms with Crippen LogP contribution in [0.25, 0.3) is 5.69 Å². The number of carbonyl (C=O) groups excluding carboxylic acids is 1. The average Bonchev–Trinajstić information content (AvgIpc) is 3.42. The number of carbonyl (C=O) groups is 1. The normalized spacial score (nSPS) is 17.7. The summed E-state index contributed by atoms with van der Waals surface area (Å²) in [5, 5.41) is 7.27. The Labute approximate surface area is 180 Å². The van der Waals surface area contributed by atoms with E-state index in [2.05, 4.69) is 10.4 Å². The van der Waals surface area contributed by atoms with Gasteiger partial charge in [0.05, 0.1) is 17.8 Å². The summed E-state index contributed by atoms with van der Waals surface area (Å²) in [6.45, 7) is 2.91. The summed E-state index contributed by atoms with van der Waals surface area (Å²) < 4.78 is 29.3. The largest absolute Gasteiger partial charge is 0.352 e. The van der Waals surface area contributed by atoms with Crippen molar-refractivity contribution in [1.82, 2.24) is 19.4 Å². The Hall–Kier alpha value is -2.49. The lowest BCUT2D eigenvalue weighted by Crippen LogP contribution is -2.45. The number of hydrogen-bond acceptors (Lipinski definition) is 5. The first-order chi connectivity index (χ1) is 14.4. The highest BCUT2D eigenvalue weighted by atomic mass is 32.2. The average molecular weight is 445 g/mol. The summed E-state index contributed by atoms with van der Waals surface area (Å²) in [7, 11) is -3.54. The molecule has 0 spiro atoms. The summed E-state index contributed by atoms with van der Waals surface area (Å²) in [6, 6.07) is 13.2. The second-order valence-corrected chi connectivity index (χ2v) is 10.9. The molecule has 7 nitrogen and oxygen atoms in total. The number of para-hydroxylation sites is 1. The van der Waals surface area contributed by atoms with E-state index in [1.807, 2.05) is 43.5 Å². The van der Waals surface area contributed by atoms with E-state index in [-0.39, 0.29) is 18.4 Å². The number of benzene rings is 1. The highest BCUT2D eigenvalue weighted by molar-refractivity contribution is 7.91. The fourth-order valence-electron chi connectivity index (χ4n) is 3.56. The summed E-state index contributed by atoms with van der Waals surface area (Å²) in [5.74, 6) is -0.469. The molecule has 1 N–H and O–H groups in total. The van der Waals surface area contributed by atoms with Gasteiger partial charge < -0.3 is 5.32 Å². The van der Waals surface area contributed by atoms with Crippen molar-refractivity contribution < 1.29 is 13.2 Å².